The third-order valence-corrected chi connectivity index (χ3v) is 14.0. The van der Waals surface area contributed by atoms with Gasteiger partial charge in [0.25, 0.3) is 0 Å². The van der Waals surface area contributed by atoms with Crippen molar-refractivity contribution in [1.29, 1.82) is 0 Å². The lowest BCUT2D eigenvalue weighted by Crippen LogP contribution is -2.53. The molecule has 3 aromatic heterocycles. The maximum Gasteiger partial charge on any atom is 0.434 e. The van der Waals surface area contributed by atoms with E-state index in [1.807, 2.05) is 24.3 Å². The predicted molar refractivity (Wildman–Crippen MR) is 271 cm³/mol. The van der Waals surface area contributed by atoms with E-state index in [2.05, 4.69) is 197 Å². The Morgan fingerprint density at radius 1 is 0.348 bits per heavy atom. The topological polar surface area (TPSA) is 41.5 Å². The minimum Gasteiger partial charge on any atom is -0.551 e. The summed E-state index contributed by atoms with van der Waals surface area (Å²) in [7, 11) is 0. The molecule has 0 fully saturated rings. The van der Waals surface area contributed by atoms with E-state index >= 15 is 0 Å². The minimum absolute atomic E-state index is 0.351. The van der Waals surface area contributed by atoms with Gasteiger partial charge in [-0.3, -0.25) is 0 Å². The molecule has 0 aliphatic carbocycles. The maximum absolute atomic E-state index is 7.17. The summed E-state index contributed by atoms with van der Waals surface area (Å²) < 4.78 is 25.4. The molecule has 0 amide bonds. The number of para-hydroxylation sites is 6. The first-order valence-corrected chi connectivity index (χ1v) is 22.5. The van der Waals surface area contributed by atoms with Crippen LogP contribution >= 0.6 is 0 Å². The molecular formula is C60H35BN2O3. The highest BCUT2D eigenvalue weighted by atomic mass is 16.5. The van der Waals surface area contributed by atoms with Crippen LogP contribution < -0.4 is 20.3 Å². The van der Waals surface area contributed by atoms with Crippen molar-refractivity contribution in [3.63, 3.8) is 0 Å². The summed E-state index contributed by atoms with van der Waals surface area (Å²) in [6.45, 7) is -0.351. The summed E-state index contributed by atoms with van der Waals surface area (Å²) in [6.07, 6.45) is 0. The third kappa shape index (κ3) is 4.95. The molecule has 0 atom stereocenters. The van der Waals surface area contributed by atoms with Crippen molar-refractivity contribution in [3.8, 4) is 62.0 Å². The molecule has 0 bridgehead atoms. The molecule has 6 heteroatoms. The van der Waals surface area contributed by atoms with E-state index in [0.29, 0.717) is 0 Å². The molecule has 0 saturated carbocycles. The lowest BCUT2D eigenvalue weighted by molar-refractivity contribution is 0.479. The van der Waals surface area contributed by atoms with Gasteiger partial charge in [-0.05, 0) is 76.9 Å². The molecule has 10 aromatic carbocycles. The Kier molecular flexibility index (Phi) is 7.24. The van der Waals surface area contributed by atoms with Gasteiger partial charge in [0.2, 0.25) is 0 Å². The van der Waals surface area contributed by atoms with E-state index in [9.17, 15) is 0 Å². The van der Waals surface area contributed by atoms with Crippen LogP contribution in [0.1, 0.15) is 0 Å². The molecule has 66 heavy (non-hydrogen) atoms. The third-order valence-electron chi connectivity index (χ3n) is 14.0. The highest BCUT2D eigenvalue weighted by Gasteiger charge is 2.41. The molecule has 0 N–H and O–H groups in total. The molecular weight excluding hydrogens is 807 g/mol. The Balaban J connectivity index is 0.939. The highest BCUT2D eigenvalue weighted by Crippen LogP contribution is 2.46. The van der Waals surface area contributed by atoms with Crippen LogP contribution in [0.2, 0.25) is 0 Å². The molecule has 0 radical (unpaired) electrons. The van der Waals surface area contributed by atoms with E-state index in [-0.39, 0.29) is 6.92 Å². The van der Waals surface area contributed by atoms with Crippen molar-refractivity contribution in [1.82, 2.24) is 9.13 Å². The van der Waals surface area contributed by atoms with Crippen LogP contribution in [-0.2, 0) is 0 Å². The van der Waals surface area contributed by atoms with Gasteiger partial charge in [-0.15, -0.1) is 0 Å². The van der Waals surface area contributed by atoms with Crippen molar-refractivity contribution in [2.75, 3.05) is 0 Å². The zero-order valence-corrected chi connectivity index (χ0v) is 35.4. The molecule has 0 unspecified atom stereocenters. The number of nitrogens with zero attached hydrogens (tertiary/aromatic N) is 2. The molecule has 5 nitrogen and oxygen atoms in total. The summed E-state index contributed by atoms with van der Waals surface area (Å²) in [5, 5.41) is 7.10. The van der Waals surface area contributed by atoms with Gasteiger partial charge in [-0.2, -0.15) is 0 Å². The number of ether oxygens (including phenoxy) is 1. The molecule has 2 aliphatic rings. The van der Waals surface area contributed by atoms with Gasteiger partial charge in [-0.25, -0.2) is 0 Å². The highest BCUT2D eigenvalue weighted by molar-refractivity contribution is 6.84. The maximum atomic E-state index is 7.17. The Morgan fingerprint density at radius 2 is 0.970 bits per heavy atom. The van der Waals surface area contributed by atoms with E-state index in [4.69, 9.17) is 13.8 Å². The average Bonchev–Trinajstić information content (AvgIpc) is 4.04. The quantitative estimate of drug-likeness (QED) is 0.166. The summed E-state index contributed by atoms with van der Waals surface area (Å²) >= 11 is 0. The van der Waals surface area contributed by atoms with Crippen LogP contribution in [0, 0.1) is 0 Å². The SMILES string of the molecule is c1ccc2c(c1)Oc1cc(-n3c4ccccc4c4ccc(-n5c6ccccc6c6ccccc65)cc43)cc3c1B2Oc1cc(-c2ccccc2-c2cccc4c2oc2ccccc24)ccc1-3. The first-order chi connectivity index (χ1) is 32.7. The van der Waals surface area contributed by atoms with Crippen molar-refractivity contribution < 1.29 is 13.8 Å². The van der Waals surface area contributed by atoms with E-state index in [1.54, 1.807) is 0 Å². The average molecular weight is 843 g/mol. The molecule has 13 aromatic rings. The van der Waals surface area contributed by atoms with E-state index in [1.165, 1.54) is 32.6 Å². The number of hydrogen-bond donors (Lipinski definition) is 0. The van der Waals surface area contributed by atoms with Crippen LogP contribution in [0.3, 0.4) is 0 Å². The zero-order valence-electron chi connectivity index (χ0n) is 35.4. The number of rotatable bonds is 4. The summed E-state index contributed by atoms with van der Waals surface area (Å²) in [4.78, 5) is 0. The summed E-state index contributed by atoms with van der Waals surface area (Å²) in [6, 6.07) is 75.9. The fraction of sp³-hybridized carbons (Fsp3) is 0. The smallest absolute Gasteiger partial charge is 0.434 e. The van der Waals surface area contributed by atoms with Crippen LogP contribution in [0.15, 0.2) is 217 Å². The molecule has 15 rings (SSSR count). The second kappa shape index (κ2) is 13.4. The lowest BCUT2D eigenvalue weighted by Gasteiger charge is -2.33. The van der Waals surface area contributed by atoms with Crippen LogP contribution in [-0.4, -0.2) is 16.0 Å². The van der Waals surface area contributed by atoms with E-state index < -0.39 is 0 Å². The van der Waals surface area contributed by atoms with Gasteiger partial charge in [-0.1, -0.05) is 152 Å². The van der Waals surface area contributed by atoms with Crippen molar-refractivity contribution in [2.24, 2.45) is 0 Å². The van der Waals surface area contributed by atoms with Crippen LogP contribution in [0.4, 0.5) is 0 Å². The number of hydrogen-bond acceptors (Lipinski definition) is 3. The predicted octanol–water partition coefficient (Wildman–Crippen LogP) is 14.4. The molecule has 2 aliphatic heterocycles. The molecule has 0 spiro atoms. The first-order valence-electron chi connectivity index (χ1n) is 22.5. The summed E-state index contributed by atoms with van der Waals surface area (Å²) in [5.74, 6) is 2.44. The second-order valence-corrected chi connectivity index (χ2v) is 17.5. The van der Waals surface area contributed by atoms with Gasteiger partial charge in [0, 0.05) is 66.1 Å². The normalized spacial score (nSPS) is 12.8. The Morgan fingerprint density at radius 3 is 1.76 bits per heavy atom. The number of fused-ring (bicyclic) bond motifs is 13. The monoisotopic (exact) mass is 842 g/mol. The Hall–Kier alpha value is -8.74. The van der Waals surface area contributed by atoms with Gasteiger partial charge in [0.05, 0.1) is 27.8 Å². The fourth-order valence-corrected chi connectivity index (χ4v) is 11.1. The number of furan rings is 1. The van der Waals surface area contributed by atoms with Crippen molar-refractivity contribution >= 4 is 83.4 Å². The fourth-order valence-electron chi connectivity index (χ4n) is 11.1. The van der Waals surface area contributed by atoms with Crippen LogP contribution in [0.5, 0.6) is 17.2 Å². The lowest BCUT2D eigenvalue weighted by atomic mass is 9.51. The zero-order chi connectivity index (χ0) is 43.0. The number of benzene rings is 10. The Bertz CT molecular complexity index is 4160. The molecule has 5 heterocycles. The van der Waals surface area contributed by atoms with Crippen LogP contribution in [0.25, 0.3) is 110 Å². The van der Waals surface area contributed by atoms with Gasteiger partial charge >= 0.3 is 6.92 Å². The summed E-state index contributed by atoms with van der Waals surface area (Å²) in [5.41, 5.74) is 17.0. The van der Waals surface area contributed by atoms with E-state index in [0.717, 1.165) is 106 Å². The first kappa shape index (κ1) is 35.7. The number of aromatic nitrogens is 2. The molecule has 306 valence electrons. The van der Waals surface area contributed by atoms with Gasteiger partial charge in [0.15, 0.2) is 0 Å². The Labute approximate surface area is 379 Å². The van der Waals surface area contributed by atoms with Gasteiger partial charge < -0.3 is 22.9 Å². The minimum atomic E-state index is -0.351. The van der Waals surface area contributed by atoms with Crippen molar-refractivity contribution in [3.05, 3.63) is 212 Å². The van der Waals surface area contributed by atoms with Crippen molar-refractivity contribution in [2.45, 2.75) is 0 Å². The largest absolute Gasteiger partial charge is 0.551 e. The van der Waals surface area contributed by atoms with Gasteiger partial charge in [0.1, 0.15) is 28.4 Å². The second-order valence-electron chi connectivity index (χ2n) is 17.5. The molecule has 0 saturated heterocycles. The standard InChI is InChI=1S/C60H35BN2O3/c1-2-15-40(47-20-13-21-48-45-19-6-11-26-55(45)65-60(47)48)39(14-1)36-28-30-46-49-33-38(35-58-59(49)61(66-57(46)32-36)50-22-7-12-27-56(50)64-58)63-53-25-10-5-18-43(53)44-31-29-37(34-54(44)63)62-51-23-8-3-16-41(51)42-17-4-9-24-52(42)62/h1-35H.